The SMILES string of the molecule is CCCCCCCCCn1cc(-c2noc([C@@H]3CCCN3C(=NC(=O)OC(C)(C)C)NC(=O)O)n2)c2ccccc21. The van der Waals surface area contributed by atoms with E-state index in [-0.39, 0.29) is 5.96 Å². The van der Waals surface area contributed by atoms with E-state index in [9.17, 15) is 14.7 Å². The van der Waals surface area contributed by atoms with Crippen molar-refractivity contribution in [3.8, 4) is 11.4 Å². The van der Waals surface area contributed by atoms with Gasteiger partial charge in [-0.1, -0.05) is 68.8 Å². The summed E-state index contributed by atoms with van der Waals surface area (Å²) in [6.45, 7) is 8.77. The summed E-state index contributed by atoms with van der Waals surface area (Å²) in [6, 6.07) is 7.76. The lowest BCUT2D eigenvalue weighted by Crippen LogP contribution is -2.44. The molecule has 3 heterocycles. The van der Waals surface area contributed by atoms with Crippen molar-refractivity contribution in [3.63, 3.8) is 0 Å². The Kier molecular flexibility index (Phi) is 10.0. The van der Waals surface area contributed by atoms with Gasteiger partial charge in [0.2, 0.25) is 17.7 Å². The molecule has 2 aromatic heterocycles. The van der Waals surface area contributed by atoms with E-state index in [4.69, 9.17) is 14.2 Å². The molecule has 1 saturated heterocycles. The number of aromatic nitrogens is 3. The summed E-state index contributed by atoms with van der Waals surface area (Å²) in [4.78, 5) is 34.2. The van der Waals surface area contributed by atoms with Gasteiger partial charge in [0, 0.05) is 35.8 Å². The van der Waals surface area contributed by atoms with Gasteiger partial charge in [0.1, 0.15) is 11.6 Å². The number of amides is 2. The molecule has 0 saturated carbocycles. The number of para-hydroxylation sites is 1. The smallest absolute Gasteiger partial charge is 0.437 e. The van der Waals surface area contributed by atoms with Gasteiger partial charge in [-0.3, -0.25) is 5.32 Å². The van der Waals surface area contributed by atoms with Crippen LogP contribution in [-0.4, -0.2) is 55.0 Å². The van der Waals surface area contributed by atoms with Crippen molar-refractivity contribution in [1.82, 2.24) is 24.9 Å². The fourth-order valence-electron chi connectivity index (χ4n) is 5.24. The average Bonchev–Trinajstić information content (AvgIpc) is 3.65. The highest BCUT2D eigenvalue weighted by Gasteiger charge is 2.35. The summed E-state index contributed by atoms with van der Waals surface area (Å²) in [7, 11) is 0. The lowest BCUT2D eigenvalue weighted by Gasteiger charge is -2.25. The summed E-state index contributed by atoms with van der Waals surface area (Å²) < 4.78 is 13.3. The Morgan fingerprint density at radius 2 is 1.88 bits per heavy atom. The van der Waals surface area contributed by atoms with Crippen molar-refractivity contribution in [1.29, 1.82) is 0 Å². The Hall–Kier alpha value is -3.89. The predicted molar refractivity (Wildman–Crippen MR) is 157 cm³/mol. The molecule has 0 unspecified atom stereocenters. The zero-order valence-electron chi connectivity index (χ0n) is 24.6. The number of carboxylic acid groups (broad SMARTS) is 1. The van der Waals surface area contributed by atoms with Gasteiger partial charge in [-0.2, -0.15) is 4.98 Å². The molecule has 1 atom stereocenters. The van der Waals surface area contributed by atoms with E-state index >= 15 is 0 Å². The molecule has 1 aliphatic rings. The first kappa shape index (κ1) is 30.1. The number of hydrogen-bond acceptors (Lipinski definition) is 6. The highest BCUT2D eigenvalue weighted by atomic mass is 16.6. The molecule has 0 radical (unpaired) electrons. The standard InChI is InChI=1S/C30H42N6O5/c1-5-6-7-8-9-10-13-18-35-20-22(21-15-11-12-16-23(21)35)25-31-26(41-34-25)24-17-14-19-36(24)27(32-28(37)38)33-29(39)40-30(2,3)4/h11-12,15-16,20,24H,5-10,13-14,17-19H2,1-4H3,(H,37,38)(H,32,33,39)/t24-/m0/s1. The van der Waals surface area contributed by atoms with Crippen LogP contribution in [-0.2, 0) is 11.3 Å². The third kappa shape index (κ3) is 8.08. The number of unbranched alkanes of at least 4 members (excludes halogenated alkanes) is 6. The molecule has 11 nitrogen and oxygen atoms in total. The summed E-state index contributed by atoms with van der Waals surface area (Å²) in [5.41, 5.74) is 1.24. The quantitative estimate of drug-likeness (QED) is 0.150. The van der Waals surface area contributed by atoms with Gasteiger partial charge in [0.25, 0.3) is 0 Å². The topological polar surface area (TPSA) is 135 Å². The number of ether oxygens (including phenoxy) is 1. The van der Waals surface area contributed by atoms with Gasteiger partial charge in [-0.15, -0.1) is 4.99 Å². The largest absolute Gasteiger partial charge is 0.465 e. The average molecular weight is 567 g/mol. The highest BCUT2D eigenvalue weighted by Crippen LogP contribution is 2.34. The summed E-state index contributed by atoms with van der Waals surface area (Å²) in [5.74, 6) is 0.684. The molecular formula is C30H42N6O5. The van der Waals surface area contributed by atoms with E-state index in [0.29, 0.717) is 24.7 Å². The van der Waals surface area contributed by atoms with E-state index in [1.807, 2.05) is 12.1 Å². The molecule has 1 fully saturated rings. The fraction of sp³-hybridized carbons (Fsp3) is 0.567. The minimum absolute atomic E-state index is 0.125. The first-order valence-electron chi connectivity index (χ1n) is 14.7. The highest BCUT2D eigenvalue weighted by molar-refractivity contribution is 5.98. The number of carbonyl (C=O) groups excluding carboxylic acids is 1. The molecule has 41 heavy (non-hydrogen) atoms. The number of likely N-dealkylation sites (tertiary alicyclic amines) is 1. The third-order valence-corrected chi connectivity index (χ3v) is 7.09. The number of benzene rings is 1. The minimum Gasteiger partial charge on any atom is -0.465 e. The fourth-order valence-corrected chi connectivity index (χ4v) is 5.24. The van der Waals surface area contributed by atoms with E-state index in [2.05, 4.69) is 45.3 Å². The van der Waals surface area contributed by atoms with Gasteiger partial charge >= 0.3 is 12.2 Å². The molecule has 2 N–H and O–H groups in total. The number of fused-ring (bicyclic) bond motifs is 1. The molecule has 222 valence electrons. The molecule has 11 heteroatoms. The summed E-state index contributed by atoms with van der Waals surface area (Å²) in [5, 5.41) is 17.0. The van der Waals surface area contributed by atoms with Gasteiger partial charge in [-0.05, 0) is 46.1 Å². The van der Waals surface area contributed by atoms with Crippen LogP contribution in [0.4, 0.5) is 9.59 Å². The van der Waals surface area contributed by atoms with Gasteiger partial charge in [0.05, 0.1) is 0 Å². The molecule has 0 spiro atoms. The number of nitrogens with zero attached hydrogens (tertiary/aromatic N) is 5. The van der Waals surface area contributed by atoms with Crippen LogP contribution in [0.3, 0.4) is 0 Å². The van der Waals surface area contributed by atoms with Crippen LogP contribution >= 0.6 is 0 Å². The molecule has 0 aliphatic carbocycles. The third-order valence-electron chi connectivity index (χ3n) is 7.09. The Morgan fingerprint density at radius 3 is 2.61 bits per heavy atom. The van der Waals surface area contributed by atoms with Crippen LogP contribution in [0.5, 0.6) is 0 Å². The zero-order valence-corrected chi connectivity index (χ0v) is 24.6. The van der Waals surface area contributed by atoms with Crippen LogP contribution in [0.15, 0.2) is 40.0 Å². The predicted octanol–water partition coefficient (Wildman–Crippen LogP) is 7.14. The van der Waals surface area contributed by atoms with Crippen LogP contribution in [0, 0.1) is 0 Å². The van der Waals surface area contributed by atoms with Crippen molar-refractivity contribution in [2.75, 3.05) is 6.54 Å². The van der Waals surface area contributed by atoms with Crippen LogP contribution < -0.4 is 5.32 Å². The molecule has 2 amide bonds. The molecular weight excluding hydrogens is 524 g/mol. The minimum atomic E-state index is -1.34. The van der Waals surface area contributed by atoms with Crippen molar-refractivity contribution >= 4 is 29.0 Å². The van der Waals surface area contributed by atoms with Crippen LogP contribution in [0.25, 0.3) is 22.3 Å². The van der Waals surface area contributed by atoms with Crippen molar-refractivity contribution in [2.45, 2.75) is 104 Å². The number of aryl methyl sites for hydroxylation is 1. The van der Waals surface area contributed by atoms with Crippen molar-refractivity contribution in [3.05, 3.63) is 36.4 Å². The second-order valence-corrected chi connectivity index (χ2v) is 11.5. The van der Waals surface area contributed by atoms with Gasteiger partial charge in [0.15, 0.2) is 0 Å². The number of guanidine groups is 1. The maximum absolute atomic E-state index is 12.4. The zero-order chi connectivity index (χ0) is 29.4. The number of aliphatic imine (C=N–C) groups is 1. The van der Waals surface area contributed by atoms with Crippen molar-refractivity contribution < 1.29 is 24.0 Å². The van der Waals surface area contributed by atoms with E-state index in [0.717, 1.165) is 35.9 Å². The van der Waals surface area contributed by atoms with Gasteiger partial charge < -0.3 is 23.8 Å². The maximum Gasteiger partial charge on any atom is 0.437 e. The normalized spacial score (nSPS) is 16.0. The summed E-state index contributed by atoms with van der Waals surface area (Å²) in [6.07, 6.45) is 9.98. The Balaban J connectivity index is 1.53. The second kappa shape index (κ2) is 13.6. The monoisotopic (exact) mass is 566 g/mol. The molecule has 3 aromatic rings. The van der Waals surface area contributed by atoms with Crippen LogP contribution in [0.1, 0.15) is 97.4 Å². The molecule has 0 bridgehead atoms. The van der Waals surface area contributed by atoms with E-state index in [1.165, 1.54) is 38.5 Å². The Labute approximate surface area is 241 Å². The second-order valence-electron chi connectivity index (χ2n) is 11.5. The Morgan fingerprint density at radius 1 is 1.15 bits per heavy atom. The van der Waals surface area contributed by atoms with E-state index < -0.39 is 23.8 Å². The number of hydrogen-bond donors (Lipinski definition) is 2. The number of rotatable bonds is 10. The van der Waals surface area contributed by atoms with E-state index in [1.54, 1.807) is 25.7 Å². The first-order chi connectivity index (χ1) is 19.7. The van der Waals surface area contributed by atoms with Crippen LogP contribution in [0.2, 0.25) is 0 Å². The Bertz CT molecular complexity index is 1350. The van der Waals surface area contributed by atoms with Crippen molar-refractivity contribution in [2.24, 2.45) is 4.99 Å². The summed E-state index contributed by atoms with van der Waals surface area (Å²) >= 11 is 0. The lowest BCUT2D eigenvalue weighted by atomic mass is 10.1. The molecule has 1 aliphatic heterocycles. The molecule has 4 rings (SSSR count). The lowest BCUT2D eigenvalue weighted by molar-refractivity contribution is 0.0600. The molecule has 1 aromatic carbocycles. The number of carbonyl (C=O) groups is 2. The van der Waals surface area contributed by atoms with Gasteiger partial charge in [-0.25, -0.2) is 9.59 Å². The number of nitrogens with one attached hydrogen (secondary N) is 1. The first-order valence-corrected chi connectivity index (χ1v) is 14.7. The maximum atomic E-state index is 12.4.